The van der Waals surface area contributed by atoms with Gasteiger partial charge in [-0.15, -0.1) is 0 Å². The van der Waals surface area contributed by atoms with Gasteiger partial charge in [0.05, 0.1) is 5.25 Å². The number of carbonyl (C=O) groups excluding carboxylic acids is 3. The molecule has 0 saturated carbocycles. The Bertz CT molecular complexity index is 321. The second-order valence-corrected chi connectivity index (χ2v) is 4.44. The third-order valence-corrected chi connectivity index (χ3v) is 3.45. The summed E-state index contributed by atoms with van der Waals surface area (Å²) in [4.78, 5) is 35.9. The molecule has 7 heteroatoms. The monoisotopic (exact) mass is 245 g/mol. The van der Waals surface area contributed by atoms with E-state index in [-0.39, 0.29) is 30.0 Å². The summed E-state index contributed by atoms with van der Waals surface area (Å²) in [6.45, 7) is -0.0573. The zero-order valence-electron chi connectivity index (χ0n) is 9.23. The van der Waals surface area contributed by atoms with E-state index in [0.717, 1.165) is 4.90 Å². The molecule has 90 valence electrons. The molecule has 6 nitrogen and oxygen atoms in total. The molecule has 16 heavy (non-hydrogen) atoms. The fraction of sp³-hybridized carbons (Fsp3) is 0.667. The van der Waals surface area contributed by atoms with E-state index in [0.29, 0.717) is 0 Å². The number of likely N-dealkylation sites (N-methyl/N-ethyl adjacent to an activating group) is 1. The maximum Gasteiger partial charge on any atom is 0.244 e. The zero-order chi connectivity index (χ0) is 12.3. The normalized spacial score (nSPS) is 22.4. The molecule has 1 fully saturated rings. The molecule has 3 N–H and O–H groups in total. The molecular weight excluding hydrogens is 230 g/mol. The molecule has 0 aromatic heterocycles. The van der Waals surface area contributed by atoms with Crippen LogP contribution in [0.5, 0.6) is 0 Å². The lowest BCUT2D eigenvalue weighted by molar-refractivity contribution is -0.146. The van der Waals surface area contributed by atoms with E-state index < -0.39 is 11.9 Å². The lowest BCUT2D eigenvalue weighted by Gasteiger charge is -2.23. The van der Waals surface area contributed by atoms with Gasteiger partial charge < -0.3 is 11.1 Å². The molecule has 1 aliphatic heterocycles. The van der Waals surface area contributed by atoms with Gasteiger partial charge in [0.2, 0.25) is 17.7 Å². The Kier molecular flexibility index (Phi) is 4.31. The Morgan fingerprint density at radius 1 is 1.69 bits per heavy atom. The lowest BCUT2D eigenvalue weighted by Crippen LogP contribution is -2.52. The summed E-state index contributed by atoms with van der Waals surface area (Å²) in [7, 11) is 1.45. The van der Waals surface area contributed by atoms with Crippen LogP contribution < -0.4 is 11.1 Å². The van der Waals surface area contributed by atoms with Gasteiger partial charge in [0.1, 0.15) is 6.04 Å². The van der Waals surface area contributed by atoms with Crippen LogP contribution in [0.4, 0.5) is 0 Å². The Hall–Kier alpha value is -1.08. The van der Waals surface area contributed by atoms with E-state index in [9.17, 15) is 14.4 Å². The minimum absolute atomic E-state index is 0.0573. The fourth-order valence-electron chi connectivity index (χ4n) is 1.63. The number of hydrogen-bond acceptors (Lipinski definition) is 5. The van der Waals surface area contributed by atoms with E-state index in [1.165, 1.54) is 18.8 Å². The van der Waals surface area contributed by atoms with E-state index >= 15 is 0 Å². The molecule has 1 heterocycles. The molecule has 0 bridgehead atoms. The number of amides is 3. The van der Waals surface area contributed by atoms with Crippen molar-refractivity contribution in [2.75, 3.05) is 19.8 Å². The molecule has 2 atom stereocenters. The first-order chi connectivity index (χ1) is 7.56. The topological polar surface area (TPSA) is 92.5 Å². The molecule has 0 aliphatic carbocycles. The van der Waals surface area contributed by atoms with Crippen molar-refractivity contribution in [1.82, 2.24) is 10.2 Å². The Labute approximate surface area is 97.9 Å². The SMILES string of the molecule is CNC(=O)[C@H](CN)N1C(=O)CC(SC)C1=O. The van der Waals surface area contributed by atoms with Gasteiger partial charge in [0, 0.05) is 20.0 Å². The van der Waals surface area contributed by atoms with Crippen molar-refractivity contribution in [2.45, 2.75) is 17.7 Å². The highest BCUT2D eigenvalue weighted by Gasteiger charge is 2.43. The third kappa shape index (κ3) is 2.19. The second kappa shape index (κ2) is 5.31. The summed E-state index contributed by atoms with van der Waals surface area (Å²) in [5.74, 6) is -1.06. The number of nitrogens with one attached hydrogen (secondary N) is 1. The van der Waals surface area contributed by atoms with E-state index in [2.05, 4.69) is 5.32 Å². The van der Waals surface area contributed by atoms with Crippen molar-refractivity contribution in [3.8, 4) is 0 Å². The number of nitrogens with zero attached hydrogens (tertiary/aromatic N) is 1. The van der Waals surface area contributed by atoms with Crippen LogP contribution in [0, 0.1) is 0 Å². The molecule has 1 saturated heterocycles. The molecule has 1 unspecified atom stereocenters. The van der Waals surface area contributed by atoms with Crippen molar-refractivity contribution >= 4 is 29.5 Å². The molecular formula is C9H15N3O3S. The Morgan fingerprint density at radius 2 is 2.31 bits per heavy atom. The number of carbonyl (C=O) groups is 3. The summed E-state index contributed by atoms with van der Waals surface area (Å²) in [5.41, 5.74) is 5.43. The minimum atomic E-state index is -0.887. The van der Waals surface area contributed by atoms with Crippen LogP contribution in [0.25, 0.3) is 0 Å². The van der Waals surface area contributed by atoms with Crippen LogP contribution in [0.15, 0.2) is 0 Å². The van der Waals surface area contributed by atoms with Gasteiger partial charge in [-0.1, -0.05) is 0 Å². The van der Waals surface area contributed by atoms with Gasteiger partial charge in [0.15, 0.2) is 0 Å². The number of likely N-dealkylation sites (tertiary alicyclic amines) is 1. The van der Waals surface area contributed by atoms with Crippen LogP contribution >= 0.6 is 11.8 Å². The van der Waals surface area contributed by atoms with Crippen molar-refractivity contribution in [2.24, 2.45) is 5.73 Å². The largest absolute Gasteiger partial charge is 0.357 e. The van der Waals surface area contributed by atoms with Gasteiger partial charge in [0.25, 0.3) is 0 Å². The lowest BCUT2D eigenvalue weighted by atomic mass is 10.2. The second-order valence-electron chi connectivity index (χ2n) is 3.40. The molecule has 0 spiro atoms. The average Bonchev–Trinajstić information content (AvgIpc) is 2.56. The average molecular weight is 245 g/mol. The molecule has 1 aliphatic rings. The first-order valence-corrected chi connectivity index (χ1v) is 6.16. The van der Waals surface area contributed by atoms with Crippen LogP contribution in [0.1, 0.15) is 6.42 Å². The molecule has 0 radical (unpaired) electrons. The Morgan fingerprint density at radius 3 is 2.69 bits per heavy atom. The highest BCUT2D eigenvalue weighted by Crippen LogP contribution is 2.24. The fourth-order valence-corrected chi connectivity index (χ4v) is 2.25. The van der Waals surface area contributed by atoms with E-state index in [1.54, 1.807) is 6.26 Å². The minimum Gasteiger partial charge on any atom is -0.357 e. The number of rotatable bonds is 4. The molecule has 0 aromatic carbocycles. The number of thioether (sulfide) groups is 1. The highest BCUT2D eigenvalue weighted by molar-refractivity contribution is 8.00. The maximum absolute atomic E-state index is 11.8. The van der Waals surface area contributed by atoms with Crippen molar-refractivity contribution < 1.29 is 14.4 Å². The third-order valence-electron chi connectivity index (χ3n) is 2.51. The number of hydrogen-bond donors (Lipinski definition) is 2. The Balaban J connectivity index is 2.89. The summed E-state index contributed by atoms with van der Waals surface area (Å²) < 4.78 is 0. The van der Waals surface area contributed by atoms with Gasteiger partial charge >= 0.3 is 0 Å². The molecule has 3 amide bonds. The maximum atomic E-state index is 11.8. The van der Waals surface area contributed by atoms with Crippen molar-refractivity contribution in [3.05, 3.63) is 0 Å². The highest BCUT2D eigenvalue weighted by atomic mass is 32.2. The van der Waals surface area contributed by atoms with Gasteiger partial charge in [-0.05, 0) is 6.26 Å². The number of nitrogens with two attached hydrogens (primary N) is 1. The van der Waals surface area contributed by atoms with Crippen LogP contribution in [0.3, 0.4) is 0 Å². The van der Waals surface area contributed by atoms with E-state index in [4.69, 9.17) is 5.73 Å². The summed E-state index contributed by atoms with van der Waals surface area (Å²) in [5, 5.41) is 2.01. The molecule has 1 rings (SSSR count). The zero-order valence-corrected chi connectivity index (χ0v) is 10.0. The standard InChI is InChI=1S/C9H15N3O3S/c1-11-8(14)5(4-10)12-7(13)3-6(16-2)9(12)15/h5-6H,3-4,10H2,1-2H3,(H,11,14)/t5-,6?/m0/s1. The predicted octanol–water partition coefficient (Wildman–Crippen LogP) is -1.45. The first-order valence-electron chi connectivity index (χ1n) is 4.87. The summed E-state index contributed by atoms with van der Waals surface area (Å²) in [6, 6.07) is -0.887. The molecule has 0 aromatic rings. The van der Waals surface area contributed by atoms with Crippen LogP contribution in [-0.2, 0) is 14.4 Å². The first kappa shape index (κ1) is 13.0. The predicted molar refractivity (Wildman–Crippen MR) is 60.7 cm³/mol. The van der Waals surface area contributed by atoms with Gasteiger partial charge in [-0.25, -0.2) is 0 Å². The summed E-state index contributed by atoms with van der Waals surface area (Å²) in [6.07, 6.45) is 1.91. The van der Waals surface area contributed by atoms with Gasteiger partial charge in [-0.2, -0.15) is 11.8 Å². The van der Waals surface area contributed by atoms with E-state index in [1.807, 2.05) is 0 Å². The summed E-state index contributed by atoms with van der Waals surface area (Å²) >= 11 is 1.31. The van der Waals surface area contributed by atoms with Crippen LogP contribution in [0.2, 0.25) is 0 Å². The quantitative estimate of drug-likeness (QED) is 0.591. The van der Waals surface area contributed by atoms with Crippen molar-refractivity contribution in [3.63, 3.8) is 0 Å². The van der Waals surface area contributed by atoms with Gasteiger partial charge in [-0.3, -0.25) is 19.3 Å². The number of imide groups is 1. The van der Waals surface area contributed by atoms with Crippen LogP contribution in [-0.4, -0.2) is 53.8 Å². The van der Waals surface area contributed by atoms with Crippen molar-refractivity contribution in [1.29, 1.82) is 0 Å². The smallest absolute Gasteiger partial charge is 0.244 e.